The highest BCUT2D eigenvalue weighted by molar-refractivity contribution is 6.30. The van der Waals surface area contributed by atoms with Gasteiger partial charge in [-0.2, -0.15) is 5.10 Å². The molecule has 2 amide bonds. The Bertz CT molecular complexity index is 711. The summed E-state index contributed by atoms with van der Waals surface area (Å²) in [6.07, 6.45) is 6.27. The SMILES string of the molecule is CN(CCC1CCCCO1)C(=O)Nc1ccnn1Cc1ccc(Cl)cc1. The van der Waals surface area contributed by atoms with Crippen molar-refractivity contribution in [2.75, 3.05) is 25.5 Å². The summed E-state index contributed by atoms with van der Waals surface area (Å²) < 4.78 is 7.49. The predicted molar refractivity (Wildman–Crippen MR) is 103 cm³/mol. The summed E-state index contributed by atoms with van der Waals surface area (Å²) in [6, 6.07) is 9.25. The zero-order valence-corrected chi connectivity index (χ0v) is 15.8. The van der Waals surface area contributed by atoms with Gasteiger partial charge >= 0.3 is 6.03 Å². The van der Waals surface area contributed by atoms with E-state index in [0.717, 1.165) is 31.4 Å². The first-order chi connectivity index (χ1) is 12.6. The normalized spacial score (nSPS) is 17.1. The number of amides is 2. The number of hydrogen-bond donors (Lipinski definition) is 1. The molecule has 1 N–H and O–H groups in total. The van der Waals surface area contributed by atoms with Gasteiger partial charge in [-0.05, 0) is 43.4 Å². The van der Waals surface area contributed by atoms with E-state index in [1.54, 1.807) is 28.9 Å². The van der Waals surface area contributed by atoms with Gasteiger partial charge in [-0.3, -0.25) is 5.32 Å². The monoisotopic (exact) mass is 376 g/mol. The minimum absolute atomic E-state index is 0.140. The van der Waals surface area contributed by atoms with Gasteiger partial charge in [-0.15, -0.1) is 0 Å². The maximum Gasteiger partial charge on any atom is 0.322 e. The fourth-order valence-electron chi connectivity index (χ4n) is 3.01. The number of rotatable bonds is 6. The van der Waals surface area contributed by atoms with E-state index < -0.39 is 0 Å². The van der Waals surface area contributed by atoms with Gasteiger partial charge in [0.05, 0.1) is 18.8 Å². The molecule has 1 aliphatic heterocycles. The summed E-state index contributed by atoms with van der Waals surface area (Å²) >= 11 is 5.92. The molecule has 7 heteroatoms. The predicted octanol–water partition coefficient (Wildman–Crippen LogP) is 4.01. The first-order valence-corrected chi connectivity index (χ1v) is 9.39. The number of nitrogens with one attached hydrogen (secondary N) is 1. The van der Waals surface area contributed by atoms with Crippen molar-refractivity contribution in [3.63, 3.8) is 0 Å². The number of aromatic nitrogens is 2. The summed E-state index contributed by atoms with van der Waals surface area (Å²) in [5, 5.41) is 7.93. The molecule has 1 aliphatic rings. The van der Waals surface area contributed by atoms with Crippen LogP contribution in [-0.4, -0.2) is 47.0 Å². The molecular formula is C19H25ClN4O2. The van der Waals surface area contributed by atoms with Crippen molar-refractivity contribution in [1.29, 1.82) is 0 Å². The molecule has 1 atom stereocenters. The molecule has 2 aromatic rings. The Balaban J connectivity index is 1.52. The molecule has 0 spiro atoms. The lowest BCUT2D eigenvalue weighted by Crippen LogP contribution is -2.35. The molecule has 1 saturated heterocycles. The van der Waals surface area contributed by atoms with E-state index in [4.69, 9.17) is 16.3 Å². The van der Waals surface area contributed by atoms with Crippen LogP contribution in [0.3, 0.4) is 0 Å². The van der Waals surface area contributed by atoms with Crippen LogP contribution in [0.5, 0.6) is 0 Å². The highest BCUT2D eigenvalue weighted by atomic mass is 35.5. The molecule has 1 aromatic heterocycles. The summed E-state index contributed by atoms with van der Waals surface area (Å²) in [6.45, 7) is 2.08. The number of ether oxygens (including phenoxy) is 1. The lowest BCUT2D eigenvalue weighted by atomic mass is 10.1. The molecule has 1 unspecified atom stereocenters. The van der Waals surface area contributed by atoms with Gasteiger partial charge in [-0.1, -0.05) is 23.7 Å². The Labute approximate surface area is 159 Å². The fourth-order valence-corrected chi connectivity index (χ4v) is 3.13. The number of urea groups is 1. The highest BCUT2D eigenvalue weighted by Crippen LogP contribution is 2.17. The van der Waals surface area contributed by atoms with Crippen LogP contribution in [0, 0.1) is 0 Å². The van der Waals surface area contributed by atoms with Crippen LogP contribution in [0.15, 0.2) is 36.5 Å². The number of nitrogens with zero attached hydrogens (tertiary/aromatic N) is 3. The third-order valence-electron chi connectivity index (χ3n) is 4.60. The van der Waals surface area contributed by atoms with Crippen LogP contribution >= 0.6 is 11.6 Å². The Morgan fingerprint density at radius 3 is 2.88 bits per heavy atom. The van der Waals surface area contributed by atoms with Crippen LogP contribution < -0.4 is 5.32 Å². The maximum atomic E-state index is 12.4. The smallest absolute Gasteiger partial charge is 0.322 e. The van der Waals surface area contributed by atoms with Crippen LogP contribution in [0.2, 0.25) is 5.02 Å². The van der Waals surface area contributed by atoms with E-state index in [1.165, 1.54) is 6.42 Å². The number of anilines is 1. The van der Waals surface area contributed by atoms with Crippen molar-refractivity contribution in [2.45, 2.75) is 38.3 Å². The van der Waals surface area contributed by atoms with E-state index >= 15 is 0 Å². The minimum Gasteiger partial charge on any atom is -0.378 e. The zero-order chi connectivity index (χ0) is 18.4. The molecule has 0 bridgehead atoms. The van der Waals surface area contributed by atoms with Crippen molar-refractivity contribution in [1.82, 2.24) is 14.7 Å². The summed E-state index contributed by atoms with van der Waals surface area (Å²) in [7, 11) is 1.80. The van der Waals surface area contributed by atoms with Crippen LogP contribution in [0.25, 0.3) is 0 Å². The van der Waals surface area contributed by atoms with Crippen LogP contribution in [0.1, 0.15) is 31.2 Å². The summed E-state index contributed by atoms with van der Waals surface area (Å²) in [5.41, 5.74) is 1.07. The second kappa shape index (κ2) is 9.05. The first kappa shape index (κ1) is 18.7. The van der Waals surface area contributed by atoms with Crippen LogP contribution in [0.4, 0.5) is 10.6 Å². The van der Waals surface area contributed by atoms with Crippen LogP contribution in [-0.2, 0) is 11.3 Å². The van der Waals surface area contributed by atoms with Gasteiger partial charge in [0, 0.05) is 31.3 Å². The number of carbonyl (C=O) groups excluding carboxylic acids is 1. The first-order valence-electron chi connectivity index (χ1n) is 9.02. The Morgan fingerprint density at radius 1 is 1.35 bits per heavy atom. The molecule has 1 aromatic carbocycles. The molecule has 0 radical (unpaired) electrons. The van der Waals surface area contributed by atoms with E-state index in [9.17, 15) is 4.79 Å². The van der Waals surface area contributed by atoms with Crippen molar-refractivity contribution >= 4 is 23.4 Å². The number of benzene rings is 1. The Morgan fingerprint density at radius 2 is 2.15 bits per heavy atom. The second-order valence-corrected chi connectivity index (χ2v) is 7.07. The van der Waals surface area contributed by atoms with E-state index in [2.05, 4.69) is 10.4 Å². The third-order valence-corrected chi connectivity index (χ3v) is 4.86. The Kier molecular flexibility index (Phi) is 6.52. The van der Waals surface area contributed by atoms with Gasteiger partial charge in [-0.25, -0.2) is 9.48 Å². The molecule has 26 heavy (non-hydrogen) atoms. The van der Waals surface area contributed by atoms with Gasteiger partial charge in [0.2, 0.25) is 0 Å². The fraction of sp³-hybridized carbons (Fsp3) is 0.474. The largest absolute Gasteiger partial charge is 0.378 e. The second-order valence-electron chi connectivity index (χ2n) is 6.63. The topological polar surface area (TPSA) is 59.4 Å². The zero-order valence-electron chi connectivity index (χ0n) is 15.0. The van der Waals surface area contributed by atoms with E-state index in [1.807, 2.05) is 24.3 Å². The van der Waals surface area contributed by atoms with Gasteiger partial charge in [0.15, 0.2) is 0 Å². The molecule has 2 heterocycles. The standard InChI is InChI=1S/C19H25ClN4O2/c1-23(12-10-17-4-2-3-13-26-17)19(25)22-18-9-11-21-24(18)14-15-5-7-16(20)8-6-15/h5-9,11,17H,2-4,10,12-14H2,1H3,(H,22,25). The van der Waals surface area contributed by atoms with E-state index in [0.29, 0.717) is 23.9 Å². The molecule has 6 nitrogen and oxygen atoms in total. The van der Waals surface area contributed by atoms with Gasteiger partial charge in [0.1, 0.15) is 5.82 Å². The molecule has 1 fully saturated rings. The van der Waals surface area contributed by atoms with Crippen molar-refractivity contribution in [3.05, 3.63) is 47.1 Å². The number of hydrogen-bond acceptors (Lipinski definition) is 3. The van der Waals surface area contributed by atoms with Crippen molar-refractivity contribution in [2.24, 2.45) is 0 Å². The third kappa shape index (κ3) is 5.22. The lowest BCUT2D eigenvalue weighted by Gasteiger charge is -2.25. The molecule has 140 valence electrons. The average Bonchev–Trinajstić information content (AvgIpc) is 3.09. The molecule has 3 rings (SSSR count). The molecular weight excluding hydrogens is 352 g/mol. The van der Waals surface area contributed by atoms with Gasteiger partial charge < -0.3 is 9.64 Å². The molecule has 0 saturated carbocycles. The minimum atomic E-state index is -0.140. The number of halogens is 1. The number of carbonyl (C=O) groups is 1. The lowest BCUT2D eigenvalue weighted by molar-refractivity contribution is 0.00848. The average molecular weight is 377 g/mol. The highest BCUT2D eigenvalue weighted by Gasteiger charge is 2.17. The van der Waals surface area contributed by atoms with Crippen molar-refractivity contribution < 1.29 is 9.53 Å². The quantitative estimate of drug-likeness (QED) is 0.828. The maximum absolute atomic E-state index is 12.4. The van der Waals surface area contributed by atoms with Crippen molar-refractivity contribution in [3.8, 4) is 0 Å². The summed E-state index contributed by atoms with van der Waals surface area (Å²) in [5.74, 6) is 0.672. The molecule has 0 aliphatic carbocycles. The summed E-state index contributed by atoms with van der Waals surface area (Å²) in [4.78, 5) is 14.1. The van der Waals surface area contributed by atoms with Gasteiger partial charge in [0.25, 0.3) is 0 Å². The Hall–Kier alpha value is -2.05. The van der Waals surface area contributed by atoms with E-state index in [-0.39, 0.29) is 12.1 Å².